The molecule has 1 aliphatic carbocycles. The van der Waals surface area contributed by atoms with E-state index >= 15 is 0 Å². The van der Waals surface area contributed by atoms with Crippen molar-refractivity contribution >= 4 is 5.95 Å². The topological polar surface area (TPSA) is 55.6 Å². The van der Waals surface area contributed by atoms with Gasteiger partial charge in [-0.15, -0.1) is 0 Å². The number of hydrogen-bond donors (Lipinski definition) is 1. The SMILES string of the molecule is Cn1nnnc1N[C@H]1C[C@@H]1C(F)F. The van der Waals surface area contributed by atoms with Crippen molar-refractivity contribution in [2.45, 2.75) is 18.9 Å². The highest BCUT2D eigenvalue weighted by molar-refractivity contribution is 5.27. The summed E-state index contributed by atoms with van der Waals surface area (Å²) in [6.45, 7) is 0. The summed E-state index contributed by atoms with van der Waals surface area (Å²) in [5.41, 5.74) is 0. The number of rotatable bonds is 3. The van der Waals surface area contributed by atoms with Gasteiger partial charge in [0.05, 0.1) is 0 Å². The first-order chi connectivity index (χ1) is 6.18. The van der Waals surface area contributed by atoms with E-state index in [4.69, 9.17) is 0 Å². The van der Waals surface area contributed by atoms with Gasteiger partial charge in [0.1, 0.15) is 0 Å². The van der Waals surface area contributed by atoms with Gasteiger partial charge in [-0.1, -0.05) is 5.10 Å². The van der Waals surface area contributed by atoms with Gasteiger partial charge >= 0.3 is 0 Å². The van der Waals surface area contributed by atoms with E-state index in [9.17, 15) is 8.78 Å². The van der Waals surface area contributed by atoms with Crippen LogP contribution in [0.3, 0.4) is 0 Å². The molecule has 13 heavy (non-hydrogen) atoms. The van der Waals surface area contributed by atoms with Gasteiger partial charge in [0.2, 0.25) is 12.4 Å². The average molecular weight is 189 g/mol. The third-order valence-corrected chi connectivity index (χ3v) is 2.10. The summed E-state index contributed by atoms with van der Waals surface area (Å²) >= 11 is 0. The van der Waals surface area contributed by atoms with Gasteiger partial charge < -0.3 is 5.32 Å². The molecule has 0 aromatic carbocycles. The Bertz CT molecular complexity index is 299. The first-order valence-corrected chi connectivity index (χ1v) is 3.95. The Kier molecular flexibility index (Phi) is 1.86. The van der Waals surface area contributed by atoms with E-state index in [1.54, 1.807) is 7.05 Å². The molecule has 0 bridgehead atoms. The first kappa shape index (κ1) is 8.33. The van der Waals surface area contributed by atoms with Crippen LogP contribution in [0.5, 0.6) is 0 Å². The lowest BCUT2D eigenvalue weighted by Gasteiger charge is -2.01. The van der Waals surface area contributed by atoms with Gasteiger partial charge in [-0.25, -0.2) is 13.5 Å². The molecule has 1 aromatic rings. The lowest BCUT2D eigenvalue weighted by atomic mass is 10.4. The highest BCUT2D eigenvalue weighted by Gasteiger charge is 2.44. The monoisotopic (exact) mass is 189 g/mol. The van der Waals surface area contributed by atoms with E-state index in [1.165, 1.54) is 4.68 Å². The number of hydrogen-bond acceptors (Lipinski definition) is 4. The van der Waals surface area contributed by atoms with Gasteiger partial charge in [-0.3, -0.25) is 0 Å². The highest BCUT2D eigenvalue weighted by atomic mass is 19.3. The Labute approximate surface area is 73.1 Å². The number of anilines is 1. The van der Waals surface area contributed by atoms with E-state index in [0.717, 1.165) is 0 Å². The van der Waals surface area contributed by atoms with Crippen molar-refractivity contribution in [2.24, 2.45) is 13.0 Å². The number of aromatic nitrogens is 4. The quantitative estimate of drug-likeness (QED) is 0.741. The predicted octanol–water partition coefficient (Wildman–Crippen LogP) is 0.276. The Morgan fingerprint density at radius 1 is 1.62 bits per heavy atom. The van der Waals surface area contributed by atoms with Crippen molar-refractivity contribution < 1.29 is 8.78 Å². The second-order valence-electron chi connectivity index (χ2n) is 3.11. The molecule has 0 saturated heterocycles. The van der Waals surface area contributed by atoms with Crippen LogP contribution in [0.25, 0.3) is 0 Å². The van der Waals surface area contributed by atoms with Gasteiger partial charge in [0.15, 0.2) is 0 Å². The van der Waals surface area contributed by atoms with E-state index in [0.29, 0.717) is 12.4 Å². The number of nitrogens with one attached hydrogen (secondary N) is 1. The second kappa shape index (κ2) is 2.90. The Morgan fingerprint density at radius 3 is 2.85 bits per heavy atom. The summed E-state index contributed by atoms with van der Waals surface area (Å²) < 4.78 is 25.6. The molecule has 0 spiro atoms. The standard InChI is InChI=1S/C6H9F2N5/c1-13-6(10-11-12-13)9-4-2-3(4)5(7)8/h3-5H,2H2,1H3,(H,9,10,12)/t3-,4-/m0/s1. The van der Waals surface area contributed by atoms with Gasteiger partial charge in [-0.2, -0.15) is 0 Å². The third-order valence-electron chi connectivity index (χ3n) is 2.10. The second-order valence-corrected chi connectivity index (χ2v) is 3.11. The molecular weight excluding hydrogens is 180 g/mol. The third kappa shape index (κ3) is 1.58. The summed E-state index contributed by atoms with van der Waals surface area (Å²) in [6, 6.07) is -0.176. The van der Waals surface area contributed by atoms with Crippen LogP contribution in [-0.2, 0) is 7.05 Å². The number of halogens is 2. The van der Waals surface area contributed by atoms with Gasteiger partial charge in [-0.05, 0) is 16.8 Å². The van der Waals surface area contributed by atoms with Crippen molar-refractivity contribution in [1.82, 2.24) is 20.2 Å². The zero-order chi connectivity index (χ0) is 9.42. The maximum atomic E-state index is 12.1. The maximum absolute atomic E-state index is 12.1. The fourth-order valence-electron chi connectivity index (χ4n) is 1.18. The van der Waals surface area contributed by atoms with Gasteiger partial charge in [0, 0.05) is 19.0 Å². The molecular formula is C6H9F2N5. The number of nitrogens with zero attached hydrogens (tertiary/aromatic N) is 4. The Hall–Kier alpha value is -1.27. The van der Waals surface area contributed by atoms with Crippen LogP contribution in [0.1, 0.15) is 6.42 Å². The largest absolute Gasteiger partial charge is 0.350 e. The molecule has 1 heterocycles. The summed E-state index contributed by atoms with van der Waals surface area (Å²) in [4.78, 5) is 0. The van der Waals surface area contributed by atoms with Crippen molar-refractivity contribution in [2.75, 3.05) is 5.32 Å². The molecule has 0 unspecified atom stereocenters. The molecule has 5 nitrogen and oxygen atoms in total. The molecule has 2 rings (SSSR count). The van der Waals surface area contributed by atoms with Crippen LogP contribution < -0.4 is 5.32 Å². The van der Waals surface area contributed by atoms with E-state index in [1.807, 2.05) is 0 Å². The molecule has 0 aliphatic heterocycles. The molecule has 1 fully saturated rings. The minimum Gasteiger partial charge on any atom is -0.350 e. The van der Waals surface area contributed by atoms with Gasteiger partial charge in [0.25, 0.3) is 0 Å². The van der Waals surface area contributed by atoms with Crippen LogP contribution in [0.15, 0.2) is 0 Å². The average Bonchev–Trinajstić information content (AvgIpc) is 2.72. The van der Waals surface area contributed by atoms with Crippen LogP contribution in [-0.4, -0.2) is 32.7 Å². The maximum Gasteiger partial charge on any atom is 0.243 e. The van der Waals surface area contributed by atoms with Crippen LogP contribution >= 0.6 is 0 Å². The molecule has 1 aromatic heterocycles. The first-order valence-electron chi connectivity index (χ1n) is 3.95. The molecule has 0 amide bonds. The minimum absolute atomic E-state index is 0.176. The van der Waals surface area contributed by atoms with Crippen LogP contribution in [0.2, 0.25) is 0 Å². The normalized spacial score (nSPS) is 26.5. The van der Waals surface area contributed by atoms with E-state index in [2.05, 4.69) is 20.8 Å². The molecule has 0 radical (unpaired) electrons. The summed E-state index contributed by atoms with van der Waals surface area (Å²) in [5.74, 6) is -0.107. The fourth-order valence-corrected chi connectivity index (χ4v) is 1.18. The van der Waals surface area contributed by atoms with Crippen LogP contribution in [0, 0.1) is 5.92 Å². The molecule has 2 atom stereocenters. The lowest BCUT2D eigenvalue weighted by Crippen LogP contribution is -2.12. The number of aryl methyl sites for hydroxylation is 1. The van der Waals surface area contributed by atoms with Crippen molar-refractivity contribution in [3.63, 3.8) is 0 Å². The molecule has 7 heteroatoms. The number of tetrazole rings is 1. The van der Waals surface area contributed by atoms with Crippen molar-refractivity contribution in [1.29, 1.82) is 0 Å². The predicted molar refractivity (Wildman–Crippen MR) is 40.3 cm³/mol. The van der Waals surface area contributed by atoms with E-state index < -0.39 is 12.3 Å². The lowest BCUT2D eigenvalue weighted by molar-refractivity contribution is 0.121. The van der Waals surface area contributed by atoms with Crippen LogP contribution in [0.4, 0.5) is 14.7 Å². The fraction of sp³-hybridized carbons (Fsp3) is 0.833. The summed E-state index contributed by atoms with van der Waals surface area (Å²) in [6.07, 6.45) is -1.76. The zero-order valence-electron chi connectivity index (χ0n) is 6.98. The Morgan fingerprint density at radius 2 is 2.38 bits per heavy atom. The highest BCUT2D eigenvalue weighted by Crippen LogP contribution is 2.37. The summed E-state index contributed by atoms with van der Waals surface area (Å²) in [5, 5.41) is 13.4. The molecule has 1 saturated carbocycles. The molecule has 1 N–H and O–H groups in total. The summed E-state index contributed by atoms with van der Waals surface area (Å²) in [7, 11) is 1.65. The smallest absolute Gasteiger partial charge is 0.243 e. The zero-order valence-corrected chi connectivity index (χ0v) is 6.98. The van der Waals surface area contributed by atoms with Crippen molar-refractivity contribution in [3.05, 3.63) is 0 Å². The Balaban J connectivity index is 1.91. The molecule has 72 valence electrons. The number of alkyl halides is 2. The minimum atomic E-state index is -2.25. The van der Waals surface area contributed by atoms with E-state index in [-0.39, 0.29) is 6.04 Å². The molecule has 1 aliphatic rings. The van der Waals surface area contributed by atoms with Crippen molar-refractivity contribution in [3.8, 4) is 0 Å².